The Morgan fingerprint density at radius 2 is 1.92 bits per heavy atom. The molecule has 1 aliphatic carbocycles. The largest absolute Gasteiger partial charge is 0.266 e. The third kappa shape index (κ3) is 2.36. The molecule has 1 fully saturated rings. The molecule has 0 radical (unpaired) electrons. The highest BCUT2D eigenvalue weighted by atomic mass is 32.1. The van der Waals surface area contributed by atoms with Crippen molar-refractivity contribution in [3.05, 3.63) is 45.4 Å². The van der Waals surface area contributed by atoms with Crippen molar-refractivity contribution in [3.8, 4) is 11.4 Å². The van der Waals surface area contributed by atoms with E-state index in [-0.39, 0.29) is 0 Å². The smallest absolute Gasteiger partial charge is 0.251 e. The Hall–Kier alpha value is -2.61. The lowest BCUT2D eigenvalue weighted by molar-refractivity contribution is 0.741. The van der Waals surface area contributed by atoms with Crippen molar-refractivity contribution in [2.24, 2.45) is 7.05 Å². The molecule has 0 N–H and O–H groups in total. The maximum absolute atomic E-state index is 4.75. The molecule has 0 saturated heterocycles. The first-order chi connectivity index (χ1) is 12.5. The minimum Gasteiger partial charge on any atom is -0.266 e. The molecule has 5 rings (SSSR count). The zero-order valence-electron chi connectivity index (χ0n) is 15.1. The Morgan fingerprint density at radius 3 is 2.69 bits per heavy atom. The molecular weight excluding hydrogens is 346 g/mol. The second-order valence-corrected chi connectivity index (χ2v) is 8.21. The number of hydrogen-bond donors (Lipinski definition) is 0. The highest BCUT2D eigenvalue weighted by Crippen LogP contribution is 2.55. The first-order valence-corrected chi connectivity index (χ1v) is 9.48. The van der Waals surface area contributed by atoms with Crippen LogP contribution in [0.3, 0.4) is 0 Å². The van der Waals surface area contributed by atoms with Crippen LogP contribution in [0, 0.1) is 20.8 Å². The van der Waals surface area contributed by atoms with Gasteiger partial charge < -0.3 is 0 Å². The number of aryl methyl sites for hydroxylation is 4. The molecule has 7 nitrogen and oxygen atoms in total. The van der Waals surface area contributed by atoms with E-state index in [4.69, 9.17) is 10.2 Å². The van der Waals surface area contributed by atoms with Crippen molar-refractivity contribution in [1.29, 1.82) is 0 Å². The number of imidazole rings is 1. The summed E-state index contributed by atoms with van der Waals surface area (Å²) in [4.78, 5) is 14.6. The predicted molar refractivity (Wildman–Crippen MR) is 99.4 cm³/mol. The van der Waals surface area contributed by atoms with Crippen LogP contribution in [-0.2, 0) is 7.05 Å². The van der Waals surface area contributed by atoms with E-state index in [1.165, 1.54) is 4.88 Å². The van der Waals surface area contributed by atoms with Gasteiger partial charge in [0.2, 0.25) is 0 Å². The van der Waals surface area contributed by atoms with E-state index in [9.17, 15) is 0 Å². The Morgan fingerprint density at radius 1 is 1.08 bits per heavy atom. The first-order valence-electron chi connectivity index (χ1n) is 8.67. The quantitative estimate of drug-likeness (QED) is 0.557. The van der Waals surface area contributed by atoms with Gasteiger partial charge >= 0.3 is 0 Å². The lowest BCUT2D eigenvalue weighted by atomic mass is 10.2. The van der Waals surface area contributed by atoms with Gasteiger partial charge in [-0.15, -0.1) is 11.3 Å². The summed E-state index contributed by atoms with van der Waals surface area (Å²) in [5.41, 5.74) is 4.88. The summed E-state index contributed by atoms with van der Waals surface area (Å²) in [7, 11) is 1.96. The van der Waals surface area contributed by atoms with Crippen LogP contribution < -0.4 is 0 Å². The third-order valence-electron chi connectivity index (χ3n) is 5.14. The van der Waals surface area contributed by atoms with Gasteiger partial charge in [-0.05, 0) is 33.3 Å². The van der Waals surface area contributed by atoms with E-state index in [0.717, 1.165) is 39.9 Å². The van der Waals surface area contributed by atoms with Gasteiger partial charge in [-0.1, -0.05) is 0 Å². The zero-order chi connectivity index (χ0) is 18.0. The molecule has 1 saturated carbocycles. The van der Waals surface area contributed by atoms with Crippen molar-refractivity contribution < 1.29 is 0 Å². The summed E-state index contributed by atoms with van der Waals surface area (Å²) in [5.74, 6) is 1.66. The van der Waals surface area contributed by atoms with Gasteiger partial charge in [0.05, 0.1) is 34.0 Å². The molecule has 2 atom stereocenters. The Kier molecular flexibility index (Phi) is 3.27. The van der Waals surface area contributed by atoms with E-state index < -0.39 is 0 Å². The average molecular weight is 365 g/mol. The fraction of sp³-hybridized carbons (Fsp3) is 0.389. The summed E-state index contributed by atoms with van der Waals surface area (Å²) < 4.78 is 3.70. The van der Waals surface area contributed by atoms with Crippen LogP contribution in [0.5, 0.6) is 0 Å². The minimum absolute atomic E-state index is 0.476. The summed E-state index contributed by atoms with van der Waals surface area (Å²) in [6, 6.07) is 2.15. The fourth-order valence-electron chi connectivity index (χ4n) is 3.45. The monoisotopic (exact) mass is 365 g/mol. The van der Waals surface area contributed by atoms with Crippen LogP contribution >= 0.6 is 11.3 Å². The molecule has 0 aliphatic heterocycles. The molecule has 1 aliphatic rings. The molecule has 0 aromatic carbocycles. The average Bonchev–Trinajstić information content (AvgIpc) is 3.01. The normalized spacial score (nSPS) is 19.4. The molecule has 4 aromatic rings. The fourth-order valence-corrected chi connectivity index (χ4v) is 4.41. The molecule has 2 unspecified atom stereocenters. The topological polar surface area (TPSA) is 73.8 Å². The van der Waals surface area contributed by atoms with Gasteiger partial charge in [0.25, 0.3) is 5.78 Å². The number of hydrogen-bond acceptors (Lipinski definition) is 6. The van der Waals surface area contributed by atoms with Gasteiger partial charge in [0.1, 0.15) is 5.69 Å². The van der Waals surface area contributed by atoms with Crippen LogP contribution in [-0.4, -0.2) is 34.3 Å². The van der Waals surface area contributed by atoms with Crippen molar-refractivity contribution in [3.63, 3.8) is 0 Å². The van der Waals surface area contributed by atoms with E-state index in [1.54, 1.807) is 22.0 Å². The van der Waals surface area contributed by atoms with Gasteiger partial charge in [0, 0.05) is 30.0 Å². The van der Waals surface area contributed by atoms with Gasteiger partial charge in [-0.2, -0.15) is 10.2 Å². The van der Waals surface area contributed by atoms with E-state index in [2.05, 4.69) is 27.9 Å². The molecule has 8 heteroatoms. The second kappa shape index (κ2) is 5.44. The third-order valence-corrected chi connectivity index (χ3v) is 6.19. The number of aromatic nitrogens is 7. The zero-order valence-corrected chi connectivity index (χ0v) is 15.9. The van der Waals surface area contributed by atoms with Gasteiger partial charge in [-0.25, -0.2) is 19.5 Å². The SMILES string of the molecule is Cc1ncc(C2CC2c2cc(-c3cnc4nc(C)c(C)n4n3)n(C)n2)s1. The highest BCUT2D eigenvalue weighted by Gasteiger charge is 2.42. The Bertz CT molecular complexity index is 1140. The molecule has 4 aromatic heterocycles. The molecule has 0 bridgehead atoms. The predicted octanol–water partition coefficient (Wildman–Crippen LogP) is 3.18. The van der Waals surface area contributed by atoms with Crippen molar-refractivity contribution in [1.82, 2.24) is 34.3 Å². The molecule has 132 valence electrons. The maximum atomic E-state index is 4.75. The summed E-state index contributed by atoms with van der Waals surface area (Å²) in [5, 5.41) is 10.6. The van der Waals surface area contributed by atoms with Gasteiger partial charge in [0.15, 0.2) is 0 Å². The molecule has 0 spiro atoms. The van der Waals surface area contributed by atoms with E-state index in [0.29, 0.717) is 17.6 Å². The van der Waals surface area contributed by atoms with Crippen molar-refractivity contribution in [2.45, 2.75) is 39.0 Å². The lowest BCUT2D eigenvalue weighted by Gasteiger charge is -2.01. The molecular formula is C18H19N7S. The lowest BCUT2D eigenvalue weighted by Crippen LogP contribution is -2.02. The van der Waals surface area contributed by atoms with Crippen LogP contribution in [0.2, 0.25) is 0 Å². The number of fused-ring (bicyclic) bond motifs is 1. The number of nitrogens with zero attached hydrogens (tertiary/aromatic N) is 7. The molecule has 0 amide bonds. The highest BCUT2D eigenvalue weighted by molar-refractivity contribution is 7.11. The first kappa shape index (κ1) is 15.6. The van der Waals surface area contributed by atoms with E-state index >= 15 is 0 Å². The maximum Gasteiger partial charge on any atom is 0.251 e. The minimum atomic E-state index is 0.476. The Labute approximate surface area is 154 Å². The van der Waals surface area contributed by atoms with Crippen molar-refractivity contribution in [2.75, 3.05) is 0 Å². The van der Waals surface area contributed by atoms with Crippen LogP contribution in [0.25, 0.3) is 17.2 Å². The van der Waals surface area contributed by atoms with Crippen LogP contribution in [0.15, 0.2) is 18.5 Å². The summed E-state index contributed by atoms with van der Waals surface area (Å²) in [6.07, 6.45) is 4.93. The van der Waals surface area contributed by atoms with Crippen LogP contribution in [0.4, 0.5) is 0 Å². The number of thiazole rings is 1. The molecule has 4 heterocycles. The van der Waals surface area contributed by atoms with E-state index in [1.807, 2.05) is 31.8 Å². The molecule has 26 heavy (non-hydrogen) atoms. The summed E-state index contributed by atoms with van der Waals surface area (Å²) in [6.45, 7) is 6.04. The van der Waals surface area contributed by atoms with Crippen molar-refractivity contribution >= 4 is 17.1 Å². The van der Waals surface area contributed by atoms with Gasteiger partial charge in [-0.3, -0.25) is 4.68 Å². The standard InChI is InChI=1S/C18H19N7S/c1-9-10(2)25-18(21-9)20-7-15(23-25)16-6-14(22-24(16)4)12-5-13(12)17-8-19-11(3)26-17/h6-8,12-13H,5H2,1-4H3. The number of rotatable bonds is 3. The van der Waals surface area contributed by atoms with Crippen LogP contribution in [0.1, 0.15) is 45.2 Å². The Balaban J connectivity index is 1.49. The summed E-state index contributed by atoms with van der Waals surface area (Å²) >= 11 is 1.79. The second-order valence-electron chi connectivity index (χ2n) is 6.95.